The monoisotopic (exact) mass is 360 g/mol. The lowest BCUT2D eigenvalue weighted by atomic mass is 10.0. The second kappa shape index (κ2) is 8.28. The van der Waals surface area contributed by atoms with E-state index in [1.807, 2.05) is 18.2 Å². The van der Waals surface area contributed by atoms with Gasteiger partial charge in [0.15, 0.2) is 0 Å². The average Bonchev–Trinajstić information content (AvgIpc) is 3.15. The number of nitrogens with one attached hydrogen (secondary N) is 1. The molecule has 2 aromatic carbocycles. The Morgan fingerprint density at radius 2 is 2.00 bits per heavy atom. The summed E-state index contributed by atoms with van der Waals surface area (Å²) in [6.07, 6.45) is 0.561. The first-order valence-electron chi connectivity index (χ1n) is 8.78. The summed E-state index contributed by atoms with van der Waals surface area (Å²) < 4.78 is 5.25. The summed E-state index contributed by atoms with van der Waals surface area (Å²) in [6, 6.07) is 16.9. The van der Waals surface area contributed by atoms with Crippen molar-refractivity contribution in [3.8, 4) is 17.5 Å². The number of benzene rings is 2. The third-order valence-corrected chi connectivity index (χ3v) is 4.14. The van der Waals surface area contributed by atoms with Crippen molar-refractivity contribution in [1.82, 2.24) is 10.1 Å². The fourth-order valence-electron chi connectivity index (χ4n) is 2.60. The molecule has 0 aliphatic heterocycles. The second-order valence-corrected chi connectivity index (χ2v) is 6.53. The number of carbonyl (C=O) groups excluding carboxylic acids is 1. The maximum Gasteiger partial charge on any atom is 0.227 e. The van der Waals surface area contributed by atoms with E-state index in [2.05, 4.69) is 41.4 Å². The molecule has 1 N–H and O–H groups in total. The lowest BCUT2D eigenvalue weighted by Gasteiger charge is -2.04. The average molecular weight is 360 g/mol. The number of nitriles is 1. The molecule has 0 saturated carbocycles. The van der Waals surface area contributed by atoms with Gasteiger partial charge in [-0.15, -0.1) is 0 Å². The fourth-order valence-corrected chi connectivity index (χ4v) is 2.60. The number of rotatable bonds is 6. The van der Waals surface area contributed by atoms with E-state index in [0.717, 1.165) is 5.56 Å². The van der Waals surface area contributed by atoms with Gasteiger partial charge in [-0.3, -0.25) is 4.79 Å². The Morgan fingerprint density at radius 3 is 2.70 bits per heavy atom. The van der Waals surface area contributed by atoms with Gasteiger partial charge in [-0.25, -0.2) is 0 Å². The standard InChI is InChI=1S/C21H20N4O2/c1-14(2)16-6-8-17(9-7-16)21-24-20(27-25-21)11-10-19(26)23-18-5-3-4-15(12-18)13-22/h3-9,12,14H,10-11H2,1-2H3,(H,23,26). The van der Waals surface area contributed by atoms with E-state index in [9.17, 15) is 4.79 Å². The minimum Gasteiger partial charge on any atom is -0.339 e. The molecule has 0 spiro atoms. The maximum atomic E-state index is 12.1. The first-order chi connectivity index (χ1) is 13.0. The number of aryl methyl sites for hydroxylation is 1. The fraction of sp³-hybridized carbons (Fsp3) is 0.238. The molecule has 1 amide bonds. The summed E-state index contributed by atoms with van der Waals surface area (Å²) in [6.45, 7) is 4.28. The van der Waals surface area contributed by atoms with Crippen LogP contribution in [0, 0.1) is 11.3 Å². The van der Waals surface area contributed by atoms with Gasteiger partial charge in [-0.1, -0.05) is 49.3 Å². The maximum absolute atomic E-state index is 12.1. The molecule has 0 atom stereocenters. The molecule has 0 fully saturated rings. The van der Waals surface area contributed by atoms with Gasteiger partial charge in [0, 0.05) is 24.1 Å². The molecule has 6 heteroatoms. The summed E-state index contributed by atoms with van der Waals surface area (Å²) in [5.41, 5.74) is 3.22. The first kappa shape index (κ1) is 18.3. The van der Waals surface area contributed by atoms with Crippen LogP contribution in [-0.4, -0.2) is 16.0 Å². The number of amides is 1. The molecular weight excluding hydrogens is 340 g/mol. The highest BCUT2D eigenvalue weighted by atomic mass is 16.5. The number of aromatic nitrogens is 2. The van der Waals surface area contributed by atoms with Gasteiger partial charge in [-0.05, 0) is 29.7 Å². The smallest absolute Gasteiger partial charge is 0.227 e. The molecule has 0 saturated heterocycles. The van der Waals surface area contributed by atoms with Crippen LogP contribution in [0.3, 0.4) is 0 Å². The van der Waals surface area contributed by atoms with Crippen molar-refractivity contribution < 1.29 is 9.32 Å². The Balaban J connectivity index is 1.57. The Kier molecular flexibility index (Phi) is 5.62. The molecule has 1 heterocycles. The lowest BCUT2D eigenvalue weighted by molar-refractivity contribution is -0.116. The zero-order valence-electron chi connectivity index (χ0n) is 15.3. The van der Waals surface area contributed by atoms with Gasteiger partial charge in [0.2, 0.25) is 17.6 Å². The number of carbonyl (C=O) groups is 1. The van der Waals surface area contributed by atoms with E-state index in [4.69, 9.17) is 9.78 Å². The van der Waals surface area contributed by atoms with Crippen LogP contribution in [0.4, 0.5) is 5.69 Å². The highest BCUT2D eigenvalue weighted by Crippen LogP contribution is 2.21. The third-order valence-electron chi connectivity index (χ3n) is 4.14. The minimum atomic E-state index is -0.175. The van der Waals surface area contributed by atoms with Crippen LogP contribution in [0.25, 0.3) is 11.4 Å². The minimum absolute atomic E-state index is 0.175. The van der Waals surface area contributed by atoms with Gasteiger partial charge in [0.1, 0.15) is 0 Å². The number of anilines is 1. The Morgan fingerprint density at radius 1 is 1.22 bits per heavy atom. The van der Waals surface area contributed by atoms with Crippen LogP contribution in [0.5, 0.6) is 0 Å². The molecular formula is C21H20N4O2. The van der Waals surface area contributed by atoms with Gasteiger partial charge >= 0.3 is 0 Å². The highest BCUT2D eigenvalue weighted by Gasteiger charge is 2.11. The molecule has 0 bridgehead atoms. The van der Waals surface area contributed by atoms with E-state index < -0.39 is 0 Å². The van der Waals surface area contributed by atoms with Crippen molar-refractivity contribution >= 4 is 11.6 Å². The molecule has 6 nitrogen and oxygen atoms in total. The van der Waals surface area contributed by atoms with Crippen LogP contribution in [-0.2, 0) is 11.2 Å². The van der Waals surface area contributed by atoms with E-state index >= 15 is 0 Å². The quantitative estimate of drug-likeness (QED) is 0.707. The molecule has 1 aromatic heterocycles. The van der Waals surface area contributed by atoms with Crippen LogP contribution < -0.4 is 5.32 Å². The van der Waals surface area contributed by atoms with Crippen LogP contribution in [0.15, 0.2) is 53.1 Å². The summed E-state index contributed by atoms with van der Waals surface area (Å²) >= 11 is 0. The molecule has 27 heavy (non-hydrogen) atoms. The van der Waals surface area contributed by atoms with E-state index in [-0.39, 0.29) is 12.3 Å². The zero-order chi connectivity index (χ0) is 19.2. The lowest BCUT2D eigenvalue weighted by Crippen LogP contribution is -2.12. The van der Waals surface area contributed by atoms with Crippen molar-refractivity contribution in [1.29, 1.82) is 5.26 Å². The predicted molar refractivity (Wildman–Crippen MR) is 102 cm³/mol. The Bertz CT molecular complexity index is 968. The topological polar surface area (TPSA) is 91.8 Å². The Labute approximate surface area is 157 Å². The van der Waals surface area contributed by atoms with Crippen LogP contribution in [0.2, 0.25) is 0 Å². The first-order valence-corrected chi connectivity index (χ1v) is 8.78. The van der Waals surface area contributed by atoms with Crippen LogP contribution >= 0.6 is 0 Å². The van der Waals surface area contributed by atoms with E-state index in [0.29, 0.717) is 35.3 Å². The normalized spacial score (nSPS) is 10.6. The SMILES string of the molecule is CC(C)c1ccc(-c2noc(CCC(=O)Nc3cccc(C#N)c3)n2)cc1. The molecule has 136 valence electrons. The van der Waals surface area contributed by atoms with Crippen molar-refractivity contribution in [3.63, 3.8) is 0 Å². The molecule has 0 aliphatic rings. The number of nitrogens with zero attached hydrogens (tertiary/aromatic N) is 3. The van der Waals surface area contributed by atoms with E-state index in [1.165, 1.54) is 5.56 Å². The van der Waals surface area contributed by atoms with Crippen molar-refractivity contribution in [2.75, 3.05) is 5.32 Å². The summed E-state index contributed by atoms with van der Waals surface area (Å²) in [5, 5.41) is 15.7. The molecule has 0 aliphatic carbocycles. The van der Waals surface area contributed by atoms with Gasteiger partial charge < -0.3 is 9.84 Å². The molecule has 0 radical (unpaired) electrons. The molecule has 0 unspecified atom stereocenters. The van der Waals surface area contributed by atoms with Gasteiger partial charge in [0.25, 0.3) is 0 Å². The summed E-state index contributed by atoms with van der Waals surface area (Å²) in [4.78, 5) is 16.4. The van der Waals surface area contributed by atoms with Crippen molar-refractivity contribution in [2.45, 2.75) is 32.6 Å². The number of hydrogen-bond donors (Lipinski definition) is 1. The van der Waals surface area contributed by atoms with Crippen molar-refractivity contribution in [2.24, 2.45) is 0 Å². The second-order valence-electron chi connectivity index (χ2n) is 6.53. The van der Waals surface area contributed by atoms with Gasteiger partial charge in [-0.2, -0.15) is 10.2 Å². The largest absolute Gasteiger partial charge is 0.339 e. The molecule has 3 rings (SSSR count). The predicted octanol–water partition coefficient (Wildman–Crippen LogP) is 4.30. The highest BCUT2D eigenvalue weighted by molar-refractivity contribution is 5.90. The summed E-state index contributed by atoms with van der Waals surface area (Å²) in [7, 11) is 0. The Hall–Kier alpha value is -3.46. The number of hydrogen-bond acceptors (Lipinski definition) is 5. The third kappa shape index (κ3) is 4.79. The van der Waals surface area contributed by atoms with Gasteiger partial charge in [0.05, 0.1) is 11.6 Å². The molecule has 3 aromatic rings. The van der Waals surface area contributed by atoms with Crippen molar-refractivity contribution in [3.05, 3.63) is 65.5 Å². The van der Waals surface area contributed by atoms with Crippen LogP contribution in [0.1, 0.15) is 43.2 Å². The zero-order valence-corrected chi connectivity index (χ0v) is 15.3. The van der Waals surface area contributed by atoms with E-state index in [1.54, 1.807) is 24.3 Å². The summed E-state index contributed by atoms with van der Waals surface area (Å²) in [5.74, 6) is 1.22.